The number of rotatable bonds is 7. The standard InChI is InChI=1S/C18H15N5O5S2/c1-30(26,27)22-14-7-8-29-16(14)18(25)28-11-15(24)21-17-12(9-19)10-20-23(17)13-5-3-2-4-6-13/h2-8,10,22H,11H2,1H3,(H,21,24). The average Bonchev–Trinajstić information content (AvgIpc) is 3.32. The molecular formula is C18H15N5O5S2. The molecule has 0 aliphatic heterocycles. The zero-order valence-electron chi connectivity index (χ0n) is 15.5. The summed E-state index contributed by atoms with van der Waals surface area (Å²) in [6, 6.07) is 12.2. The number of para-hydroxylation sites is 1. The number of carbonyl (C=O) groups excluding carboxylic acids is 2. The molecule has 0 radical (unpaired) electrons. The van der Waals surface area contributed by atoms with Gasteiger partial charge in [-0.2, -0.15) is 10.4 Å². The van der Waals surface area contributed by atoms with E-state index >= 15 is 0 Å². The third kappa shape index (κ3) is 5.02. The van der Waals surface area contributed by atoms with Crippen LogP contribution in [-0.4, -0.2) is 42.9 Å². The van der Waals surface area contributed by atoms with Gasteiger partial charge in [-0.1, -0.05) is 18.2 Å². The molecule has 3 rings (SSSR count). The van der Waals surface area contributed by atoms with E-state index in [-0.39, 0.29) is 21.9 Å². The number of hydrogen-bond acceptors (Lipinski definition) is 8. The molecule has 2 aromatic heterocycles. The number of benzene rings is 1. The van der Waals surface area contributed by atoms with E-state index in [1.807, 2.05) is 12.1 Å². The van der Waals surface area contributed by atoms with Gasteiger partial charge in [-0.25, -0.2) is 17.9 Å². The Morgan fingerprint density at radius 3 is 2.67 bits per heavy atom. The fourth-order valence-corrected chi connectivity index (χ4v) is 3.80. The van der Waals surface area contributed by atoms with Crippen LogP contribution < -0.4 is 10.0 Å². The van der Waals surface area contributed by atoms with Gasteiger partial charge in [0.1, 0.15) is 16.5 Å². The summed E-state index contributed by atoms with van der Waals surface area (Å²) < 4.78 is 31.3. The van der Waals surface area contributed by atoms with E-state index in [2.05, 4.69) is 15.1 Å². The van der Waals surface area contributed by atoms with Gasteiger partial charge in [-0.3, -0.25) is 9.52 Å². The Morgan fingerprint density at radius 2 is 2.00 bits per heavy atom. The average molecular weight is 445 g/mol. The number of hydrogen-bond donors (Lipinski definition) is 2. The maximum Gasteiger partial charge on any atom is 0.350 e. The van der Waals surface area contributed by atoms with Crippen LogP contribution in [0.15, 0.2) is 48.0 Å². The number of nitrogens with zero attached hydrogens (tertiary/aromatic N) is 3. The first-order valence-corrected chi connectivity index (χ1v) is 11.1. The van der Waals surface area contributed by atoms with Gasteiger partial charge in [0.05, 0.1) is 23.8 Å². The molecule has 0 saturated carbocycles. The maximum atomic E-state index is 12.3. The smallest absolute Gasteiger partial charge is 0.350 e. The topological polar surface area (TPSA) is 143 Å². The van der Waals surface area contributed by atoms with Crippen LogP contribution in [0.1, 0.15) is 15.2 Å². The van der Waals surface area contributed by atoms with E-state index in [9.17, 15) is 23.3 Å². The van der Waals surface area contributed by atoms with Crippen LogP contribution in [-0.2, 0) is 19.6 Å². The second-order valence-corrected chi connectivity index (χ2v) is 8.59. The summed E-state index contributed by atoms with van der Waals surface area (Å²) in [5, 5.41) is 17.4. The quantitative estimate of drug-likeness (QED) is 0.529. The van der Waals surface area contributed by atoms with Crippen LogP contribution >= 0.6 is 11.3 Å². The molecule has 154 valence electrons. The van der Waals surface area contributed by atoms with Crippen molar-refractivity contribution in [2.45, 2.75) is 0 Å². The van der Waals surface area contributed by atoms with Crippen molar-refractivity contribution < 1.29 is 22.7 Å². The number of ether oxygens (including phenoxy) is 1. The van der Waals surface area contributed by atoms with Crippen LogP contribution in [0.2, 0.25) is 0 Å². The van der Waals surface area contributed by atoms with Crippen molar-refractivity contribution in [2.24, 2.45) is 0 Å². The van der Waals surface area contributed by atoms with Gasteiger partial charge in [0.25, 0.3) is 5.91 Å². The third-order valence-electron chi connectivity index (χ3n) is 3.63. The van der Waals surface area contributed by atoms with Crippen molar-refractivity contribution in [1.82, 2.24) is 9.78 Å². The molecule has 0 fully saturated rings. The zero-order chi connectivity index (χ0) is 21.7. The lowest BCUT2D eigenvalue weighted by Crippen LogP contribution is -2.23. The number of thiophene rings is 1. The minimum atomic E-state index is -3.58. The SMILES string of the molecule is CS(=O)(=O)Nc1ccsc1C(=O)OCC(=O)Nc1c(C#N)cnn1-c1ccccc1. The Bertz CT molecular complexity index is 1230. The first-order chi connectivity index (χ1) is 14.3. The molecule has 1 aromatic carbocycles. The summed E-state index contributed by atoms with van der Waals surface area (Å²) in [4.78, 5) is 24.6. The van der Waals surface area contributed by atoms with Gasteiger partial charge in [-0.15, -0.1) is 11.3 Å². The molecule has 0 saturated heterocycles. The number of amides is 1. The van der Waals surface area contributed by atoms with Gasteiger partial charge in [0.2, 0.25) is 10.0 Å². The summed E-state index contributed by atoms with van der Waals surface area (Å²) in [5.74, 6) is -1.41. The van der Waals surface area contributed by atoms with Crippen LogP contribution in [0.3, 0.4) is 0 Å². The molecule has 0 bridgehead atoms. The maximum absolute atomic E-state index is 12.3. The summed E-state index contributed by atoms with van der Waals surface area (Å²) in [7, 11) is -3.58. The monoisotopic (exact) mass is 445 g/mol. The van der Waals surface area contributed by atoms with Crippen molar-refractivity contribution in [1.29, 1.82) is 5.26 Å². The van der Waals surface area contributed by atoms with Gasteiger partial charge in [-0.05, 0) is 23.6 Å². The Balaban J connectivity index is 1.69. The molecule has 0 unspecified atom stereocenters. The molecule has 2 heterocycles. The lowest BCUT2D eigenvalue weighted by atomic mass is 10.3. The minimum absolute atomic E-state index is 0.0141. The number of carbonyl (C=O) groups is 2. The Kier molecular flexibility index (Phi) is 6.14. The predicted molar refractivity (Wildman–Crippen MR) is 110 cm³/mol. The van der Waals surface area contributed by atoms with Crippen molar-refractivity contribution in [3.05, 3.63) is 58.4 Å². The Hall–Kier alpha value is -3.69. The molecule has 30 heavy (non-hydrogen) atoms. The summed E-state index contributed by atoms with van der Waals surface area (Å²) in [6.07, 6.45) is 2.26. The largest absolute Gasteiger partial charge is 0.451 e. The zero-order valence-corrected chi connectivity index (χ0v) is 17.2. The molecule has 1 amide bonds. The Labute approximate surface area is 175 Å². The van der Waals surface area contributed by atoms with Crippen molar-refractivity contribution in [3.8, 4) is 11.8 Å². The van der Waals surface area contributed by atoms with Crippen LogP contribution in [0.5, 0.6) is 0 Å². The predicted octanol–water partition coefficient (Wildman–Crippen LogP) is 1.97. The molecule has 0 aliphatic rings. The van der Waals surface area contributed by atoms with Crippen molar-refractivity contribution >= 4 is 44.7 Å². The number of nitriles is 1. The fraction of sp³-hybridized carbons (Fsp3) is 0.111. The van der Waals surface area contributed by atoms with E-state index < -0.39 is 28.5 Å². The van der Waals surface area contributed by atoms with Crippen molar-refractivity contribution in [3.63, 3.8) is 0 Å². The lowest BCUT2D eigenvalue weighted by Gasteiger charge is -2.10. The molecule has 0 aliphatic carbocycles. The summed E-state index contributed by atoms with van der Waals surface area (Å²) in [6.45, 7) is -0.639. The molecule has 2 N–H and O–H groups in total. The molecule has 0 spiro atoms. The fourth-order valence-electron chi connectivity index (χ4n) is 2.43. The van der Waals surface area contributed by atoms with Crippen LogP contribution in [0.25, 0.3) is 5.69 Å². The second kappa shape index (κ2) is 8.76. The Morgan fingerprint density at radius 1 is 1.27 bits per heavy atom. The minimum Gasteiger partial charge on any atom is -0.451 e. The summed E-state index contributed by atoms with van der Waals surface area (Å²) in [5.41, 5.74) is 0.833. The van der Waals surface area contributed by atoms with E-state index in [1.54, 1.807) is 24.3 Å². The number of aromatic nitrogens is 2. The molecule has 10 nitrogen and oxygen atoms in total. The van der Waals surface area contributed by atoms with Crippen LogP contribution in [0.4, 0.5) is 11.5 Å². The first kappa shape index (κ1) is 21.0. The number of anilines is 2. The van der Waals surface area contributed by atoms with Gasteiger partial charge < -0.3 is 10.1 Å². The van der Waals surface area contributed by atoms with E-state index in [1.165, 1.54) is 22.3 Å². The highest BCUT2D eigenvalue weighted by molar-refractivity contribution is 7.92. The number of nitrogens with one attached hydrogen (secondary N) is 2. The molecule has 12 heteroatoms. The van der Waals surface area contributed by atoms with E-state index in [0.29, 0.717) is 5.69 Å². The number of sulfonamides is 1. The second-order valence-electron chi connectivity index (χ2n) is 5.93. The van der Waals surface area contributed by atoms with Crippen molar-refractivity contribution in [2.75, 3.05) is 22.9 Å². The normalized spacial score (nSPS) is 10.8. The molecule has 0 atom stereocenters. The highest BCUT2D eigenvalue weighted by atomic mass is 32.2. The van der Waals surface area contributed by atoms with E-state index in [0.717, 1.165) is 17.6 Å². The van der Waals surface area contributed by atoms with Gasteiger partial charge >= 0.3 is 5.97 Å². The molecular weight excluding hydrogens is 430 g/mol. The third-order valence-corrected chi connectivity index (χ3v) is 5.11. The van der Waals surface area contributed by atoms with Gasteiger partial charge in [0.15, 0.2) is 12.4 Å². The lowest BCUT2D eigenvalue weighted by molar-refractivity contribution is -0.119. The van der Waals surface area contributed by atoms with Gasteiger partial charge in [0, 0.05) is 0 Å². The van der Waals surface area contributed by atoms with Crippen LogP contribution in [0, 0.1) is 11.3 Å². The first-order valence-electron chi connectivity index (χ1n) is 8.34. The summed E-state index contributed by atoms with van der Waals surface area (Å²) >= 11 is 0.971. The van der Waals surface area contributed by atoms with E-state index in [4.69, 9.17) is 4.74 Å². The highest BCUT2D eigenvalue weighted by Crippen LogP contribution is 2.24. The molecule has 3 aromatic rings. The highest BCUT2D eigenvalue weighted by Gasteiger charge is 2.20. The number of esters is 1.